The van der Waals surface area contributed by atoms with E-state index in [2.05, 4.69) is 24.6 Å². The Morgan fingerprint density at radius 2 is 2.25 bits per heavy atom. The third-order valence-corrected chi connectivity index (χ3v) is 2.67. The Labute approximate surface area is 79.1 Å². The standard InChI is InChI=1S/C8H17N3S/c1-8(2)4-3-6(5-8)10-7(12)11-9/h6H,3-5,9H2,1-2H3,(H2,10,11,12). The van der Waals surface area contributed by atoms with E-state index in [9.17, 15) is 0 Å². The zero-order valence-electron chi connectivity index (χ0n) is 7.68. The zero-order valence-corrected chi connectivity index (χ0v) is 8.50. The second kappa shape index (κ2) is 3.58. The van der Waals surface area contributed by atoms with Gasteiger partial charge in [0.2, 0.25) is 0 Å². The van der Waals surface area contributed by atoms with E-state index in [1.165, 1.54) is 19.3 Å². The van der Waals surface area contributed by atoms with Crippen LogP contribution in [0.25, 0.3) is 0 Å². The third kappa shape index (κ3) is 2.60. The van der Waals surface area contributed by atoms with Crippen molar-refractivity contribution in [1.82, 2.24) is 10.7 Å². The fourth-order valence-corrected chi connectivity index (χ4v) is 1.95. The molecule has 3 nitrogen and oxygen atoms in total. The minimum Gasteiger partial charge on any atom is -0.359 e. The lowest BCUT2D eigenvalue weighted by Gasteiger charge is -2.18. The van der Waals surface area contributed by atoms with E-state index in [4.69, 9.17) is 18.1 Å². The maximum Gasteiger partial charge on any atom is 0.180 e. The third-order valence-electron chi connectivity index (χ3n) is 2.43. The molecule has 0 aliphatic heterocycles. The number of hydrazine groups is 1. The second-order valence-electron chi connectivity index (χ2n) is 4.22. The van der Waals surface area contributed by atoms with Crippen molar-refractivity contribution in [2.24, 2.45) is 11.3 Å². The molecule has 0 bridgehead atoms. The van der Waals surface area contributed by atoms with E-state index in [0.717, 1.165) is 0 Å². The van der Waals surface area contributed by atoms with Gasteiger partial charge < -0.3 is 10.7 Å². The molecule has 12 heavy (non-hydrogen) atoms. The maximum absolute atomic E-state index is 5.16. The summed E-state index contributed by atoms with van der Waals surface area (Å²) in [6.07, 6.45) is 3.63. The summed E-state index contributed by atoms with van der Waals surface area (Å²) in [6, 6.07) is 0.503. The van der Waals surface area contributed by atoms with Gasteiger partial charge in [-0.3, -0.25) is 0 Å². The van der Waals surface area contributed by atoms with Crippen LogP contribution < -0.4 is 16.6 Å². The molecule has 1 saturated carbocycles. The molecule has 0 aromatic rings. The minimum atomic E-state index is 0.460. The van der Waals surface area contributed by atoms with Gasteiger partial charge in [-0.05, 0) is 36.9 Å². The molecule has 1 rings (SSSR count). The molecule has 0 aromatic carbocycles. The highest BCUT2D eigenvalue weighted by Crippen LogP contribution is 2.36. The summed E-state index contributed by atoms with van der Waals surface area (Å²) in [5.41, 5.74) is 2.90. The zero-order chi connectivity index (χ0) is 9.19. The normalized spacial score (nSPS) is 26.8. The summed E-state index contributed by atoms with van der Waals surface area (Å²) in [5.74, 6) is 5.16. The van der Waals surface area contributed by atoms with Crippen LogP contribution in [0.4, 0.5) is 0 Å². The number of hydrogen-bond acceptors (Lipinski definition) is 2. The molecule has 4 heteroatoms. The second-order valence-corrected chi connectivity index (χ2v) is 4.63. The van der Waals surface area contributed by atoms with Gasteiger partial charge in [-0.1, -0.05) is 13.8 Å². The molecular weight excluding hydrogens is 170 g/mol. The molecule has 0 amide bonds. The van der Waals surface area contributed by atoms with Crippen molar-refractivity contribution in [2.45, 2.75) is 39.2 Å². The van der Waals surface area contributed by atoms with Gasteiger partial charge in [0.1, 0.15) is 0 Å². The number of nitrogens with two attached hydrogens (primary N) is 1. The lowest BCUT2D eigenvalue weighted by molar-refractivity contribution is 0.372. The Hall–Kier alpha value is -0.350. The first-order valence-corrected chi connectivity index (χ1v) is 4.71. The van der Waals surface area contributed by atoms with E-state index in [0.29, 0.717) is 16.6 Å². The summed E-state index contributed by atoms with van der Waals surface area (Å²) in [5, 5.41) is 3.73. The average molecular weight is 187 g/mol. The quantitative estimate of drug-likeness (QED) is 0.324. The Bertz CT molecular complexity index is 179. The van der Waals surface area contributed by atoms with Gasteiger partial charge in [0.25, 0.3) is 0 Å². The maximum atomic E-state index is 5.16. The molecule has 0 aromatic heterocycles. The molecular formula is C8H17N3S. The van der Waals surface area contributed by atoms with Crippen LogP contribution in [-0.2, 0) is 0 Å². The van der Waals surface area contributed by atoms with Gasteiger partial charge >= 0.3 is 0 Å². The van der Waals surface area contributed by atoms with Crippen LogP contribution in [0.15, 0.2) is 0 Å². The van der Waals surface area contributed by atoms with Crippen LogP contribution in [0.3, 0.4) is 0 Å². The lowest BCUT2D eigenvalue weighted by atomic mass is 9.92. The van der Waals surface area contributed by atoms with Gasteiger partial charge in [0, 0.05) is 6.04 Å². The van der Waals surface area contributed by atoms with Gasteiger partial charge in [0.05, 0.1) is 0 Å². The average Bonchev–Trinajstić information content (AvgIpc) is 2.30. The summed E-state index contributed by atoms with van der Waals surface area (Å²) in [7, 11) is 0. The van der Waals surface area contributed by atoms with Crippen LogP contribution >= 0.6 is 12.2 Å². The smallest absolute Gasteiger partial charge is 0.180 e. The fourth-order valence-electron chi connectivity index (χ4n) is 1.79. The van der Waals surface area contributed by atoms with Crippen molar-refractivity contribution >= 4 is 17.3 Å². The van der Waals surface area contributed by atoms with E-state index in [1.54, 1.807) is 0 Å². The van der Waals surface area contributed by atoms with Crippen LogP contribution in [0.5, 0.6) is 0 Å². The minimum absolute atomic E-state index is 0.460. The molecule has 4 N–H and O–H groups in total. The molecule has 0 radical (unpaired) electrons. The highest BCUT2D eigenvalue weighted by molar-refractivity contribution is 7.80. The molecule has 1 atom stereocenters. The highest BCUT2D eigenvalue weighted by atomic mass is 32.1. The van der Waals surface area contributed by atoms with Crippen molar-refractivity contribution in [3.63, 3.8) is 0 Å². The van der Waals surface area contributed by atoms with Crippen LogP contribution in [0.1, 0.15) is 33.1 Å². The number of nitrogens with one attached hydrogen (secondary N) is 2. The molecule has 1 aliphatic carbocycles. The van der Waals surface area contributed by atoms with Gasteiger partial charge in [-0.25, -0.2) is 5.84 Å². The Kier molecular flexibility index (Phi) is 2.90. The Morgan fingerprint density at radius 1 is 1.58 bits per heavy atom. The topological polar surface area (TPSA) is 50.1 Å². The number of thiocarbonyl (C=S) groups is 1. The van der Waals surface area contributed by atoms with E-state index in [-0.39, 0.29) is 0 Å². The molecule has 0 spiro atoms. The first kappa shape index (κ1) is 9.74. The summed E-state index contributed by atoms with van der Waals surface area (Å²) < 4.78 is 0. The van der Waals surface area contributed by atoms with E-state index < -0.39 is 0 Å². The molecule has 1 aliphatic rings. The number of rotatable bonds is 1. The van der Waals surface area contributed by atoms with Gasteiger partial charge in [-0.15, -0.1) is 0 Å². The molecule has 1 unspecified atom stereocenters. The van der Waals surface area contributed by atoms with Gasteiger partial charge in [0.15, 0.2) is 5.11 Å². The number of hydrogen-bond donors (Lipinski definition) is 3. The highest BCUT2D eigenvalue weighted by Gasteiger charge is 2.30. The molecule has 70 valence electrons. The summed E-state index contributed by atoms with van der Waals surface area (Å²) in [6.45, 7) is 4.57. The molecule has 0 heterocycles. The summed E-state index contributed by atoms with van der Waals surface area (Å²) >= 11 is 4.92. The first-order chi connectivity index (χ1) is 5.53. The predicted octanol–water partition coefficient (Wildman–Crippen LogP) is 0.903. The van der Waals surface area contributed by atoms with Crippen LogP contribution in [0, 0.1) is 5.41 Å². The lowest BCUT2D eigenvalue weighted by Crippen LogP contribution is -2.44. The van der Waals surface area contributed by atoms with Crippen molar-refractivity contribution in [1.29, 1.82) is 0 Å². The largest absolute Gasteiger partial charge is 0.359 e. The van der Waals surface area contributed by atoms with Crippen LogP contribution in [0.2, 0.25) is 0 Å². The van der Waals surface area contributed by atoms with E-state index >= 15 is 0 Å². The van der Waals surface area contributed by atoms with Crippen LogP contribution in [-0.4, -0.2) is 11.2 Å². The monoisotopic (exact) mass is 187 g/mol. The fraction of sp³-hybridized carbons (Fsp3) is 0.875. The van der Waals surface area contributed by atoms with Gasteiger partial charge in [-0.2, -0.15) is 0 Å². The van der Waals surface area contributed by atoms with Crippen molar-refractivity contribution in [3.05, 3.63) is 0 Å². The Balaban J connectivity index is 2.33. The van der Waals surface area contributed by atoms with E-state index in [1.807, 2.05) is 0 Å². The Morgan fingerprint density at radius 3 is 2.67 bits per heavy atom. The predicted molar refractivity (Wildman–Crippen MR) is 54.5 cm³/mol. The SMILES string of the molecule is CC1(C)CCC(NC(=S)NN)C1. The molecule has 0 saturated heterocycles. The van der Waals surface area contributed by atoms with Crippen molar-refractivity contribution < 1.29 is 0 Å². The first-order valence-electron chi connectivity index (χ1n) is 4.31. The van der Waals surface area contributed by atoms with Crippen molar-refractivity contribution in [3.8, 4) is 0 Å². The molecule has 1 fully saturated rings. The van der Waals surface area contributed by atoms with Crippen molar-refractivity contribution in [2.75, 3.05) is 0 Å². The summed E-state index contributed by atoms with van der Waals surface area (Å²) in [4.78, 5) is 0.